The van der Waals surface area contributed by atoms with E-state index in [0.29, 0.717) is 0 Å². The van der Waals surface area contributed by atoms with E-state index in [1.54, 1.807) is 0 Å². The molecule has 22 heavy (non-hydrogen) atoms. The number of aromatic nitrogens is 1. The van der Waals surface area contributed by atoms with Crippen LogP contribution in [0.5, 0.6) is 0 Å². The number of anilines is 1. The SMILES string of the molecule is CCn1ccc(=Nc2ccc(N(C)C)cc2)c2ccccc21. The highest BCUT2D eigenvalue weighted by atomic mass is 15.1. The molecule has 0 amide bonds. The Morgan fingerprint density at radius 2 is 1.68 bits per heavy atom. The number of benzene rings is 2. The highest BCUT2D eigenvalue weighted by molar-refractivity contribution is 5.78. The first-order chi connectivity index (χ1) is 10.7. The maximum atomic E-state index is 4.81. The summed E-state index contributed by atoms with van der Waals surface area (Å²) in [5.74, 6) is 0. The van der Waals surface area contributed by atoms with Gasteiger partial charge in [-0.25, -0.2) is 4.99 Å². The molecule has 0 saturated heterocycles. The van der Waals surface area contributed by atoms with Crippen molar-refractivity contribution in [3.63, 3.8) is 0 Å². The third kappa shape index (κ3) is 2.75. The molecule has 0 atom stereocenters. The van der Waals surface area contributed by atoms with Crippen LogP contribution in [0.1, 0.15) is 6.92 Å². The summed E-state index contributed by atoms with van der Waals surface area (Å²) < 4.78 is 2.24. The summed E-state index contributed by atoms with van der Waals surface area (Å²) in [7, 11) is 4.08. The van der Waals surface area contributed by atoms with E-state index in [0.717, 1.165) is 17.6 Å². The molecule has 0 aliphatic rings. The van der Waals surface area contributed by atoms with Crippen molar-refractivity contribution in [1.29, 1.82) is 0 Å². The molecule has 0 aliphatic carbocycles. The summed E-state index contributed by atoms with van der Waals surface area (Å²) >= 11 is 0. The molecule has 1 heterocycles. The van der Waals surface area contributed by atoms with Crippen LogP contribution in [0.4, 0.5) is 11.4 Å². The van der Waals surface area contributed by atoms with E-state index in [-0.39, 0.29) is 0 Å². The average molecular weight is 291 g/mol. The first kappa shape index (κ1) is 14.4. The predicted molar refractivity (Wildman–Crippen MR) is 93.6 cm³/mol. The Balaban J connectivity index is 2.13. The number of pyridine rings is 1. The van der Waals surface area contributed by atoms with Gasteiger partial charge in [0.25, 0.3) is 0 Å². The molecule has 3 nitrogen and oxygen atoms in total. The predicted octanol–water partition coefficient (Wildman–Crippen LogP) is 3.96. The normalized spacial score (nSPS) is 11.9. The number of nitrogens with zero attached hydrogens (tertiary/aromatic N) is 3. The fraction of sp³-hybridized carbons (Fsp3) is 0.211. The van der Waals surface area contributed by atoms with E-state index in [4.69, 9.17) is 4.99 Å². The van der Waals surface area contributed by atoms with Gasteiger partial charge in [0.05, 0.1) is 16.6 Å². The lowest BCUT2D eigenvalue weighted by atomic mass is 10.2. The van der Waals surface area contributed by atoms with Gasteiger partial charge in [-0.2, -0.15) is 0 Å². The van der Waals surface area contributed by atoms with E-state index in [9.17, 15) is 0 Å². The average Bonchev–Trinajstić information content (AvgIpc) is 2.55. The summed E-state index contributed by atoms with van der Waals surface area (Å²) in [6, 6.07) is 18.8. The van der Waals surface area contributed by atoms with Crippen molar-refractivity contribution >= 4 is 22.3 Å². The first-order valence-electron chi connectivity index (χ1n) is 7.59. The first-order valence-corrected chi connectivity index (χ1v) is 7.59. The summed E-state index contributed by atoms with van der Waals surface area (Å²) in [4.78, 5) is 6.90. The molecular formula is C19H21N3. The minimum absolute atomic E-state index is 0.957. The van der Waals surface area contributed by atoms with Crippen LogP contribution in [0.2, 0.25) is 0 Å². The number of para-hydroxylation sites is 1. The lowest BCUT2D eigenvalue weighted by Gasteiger charge is -2.12. The van der Waals surface area contributed by atoms with Crippen molar-refractivity contribution in [3.8, 4) is 0 Å². The topological polar surface area (TPSA) is 20.5 Å². The van der Waals surface area contributed by atoms with Crippen molar-refractivity contribution in [2.45, 2.75) is 13.5 Å². The Morgan fingerprint density at radius 1 is 0.955 bits per heavy atom. The number of hydrogen-bond donors (Lipinski definition) is 0. The van der Waals surface area contributed by atoms with Gasteiger partial charge in [-0.1, -0.05) is 18.2 Å². The van der Waals surface area contributed by atoms with Gasteiger partial charge < -0.3 is 9.47 Å². The second kappa shape index (κ2) is 6.06. The molecule has 3 rings (SSSR count). The van der Waals surface area contributed by atoms with Crippen LogP contribution in [-0.4, -0.2) is 18.7 Å². The highest BCUT2D eigenvalue weighted by Gasteiger charge is 2.00. The van der Waals surface area contributed by atoms with Gasteiger partial charge in [-0.15, -0.1) is 0 Å². The Labute approximate surface area is 131 Å². The number of hydrogen-bond acceptors (Lipinski definition) is 2. The van der Waals surface area contributed by atoms with E-state index in [1.807, 2.05) is 14.1 Å². The van der Waals surface area contributed by atoms with E-state index in [1.165, 1.54) is 16.6 Å². The molecular weight excluding hydrogens is 270 g/mol. The van der Waals surface area contributed by atoms with Crippen molar-refractivity contribution in [3.05, 3.63) is 66.2 Å². The van der Waals surface area contributed by atoms with Crippen LogP contribution >= 0.6 is 0 Å². The smallest absolute Gasteiger partial charge is 0.0744 e. The van der Waals surface area contributed by atoms with Crippen molar-refractivity contribution in [2.75, 3.05) is 19.0 Å². The lowest BCUT2D eigenvalue weighted by Crippen LogP contribution is -2.09. The maximum Gasteiger partial charge on any atom is 0.0744 e. The number of rotatable bonds is 3. The summed E-state index contributed by atoms with van der Waals surface area (Å²) in [6.07, 6.45) is 2.11. The molecule has 0 spiro atoms. The lowest BCUT2D eigenvalue weighted by molar-refractivity contribution is 0.787. The summed E-state index contributed by atoms with van der Waals surface area (Å²) in [5.41, 5.74) is 3.38. The molecule has 0 fully saturated rings. The van der Waals surface area contributed by atoms with Gasteiger partial charge in [0.15, 0.2) is 0 Å². The largest absolute Gasteiger partial charge is 0.378 e. The van der Waals surface area contributed by atoms with Crippen molar-refractivity contribution in [2.24, 2.45) is 4.99 Å². The van der Waals surface area contributed by atoms with Gasteiger partial charge >= 0.3 is 0 Å². The van der Waals surface area contributed by atoms with Crippen LogP contribution in [0.3, 0.4) is 0 Å². The van der Waals surface area contributed by atoms with Crippen molar-refractivity contribution < 1.29 is 0 Å². The third-order valence-electron chi connectivity index (χ3n) is 3.86. The molecule has 0 saturated carbocycles. The molecule has 0 N–H and O–H groups in total. The molecule has 0 radical (unpaired) electrons. The Morgan fingerprint density at radius 3 is 2.36 bits per heavy atom. The van der Waals surface area contributed by atoms with E-state index >= 15 is 0 Å². The Hall–Kier alpha value is -2.55. The van der Waals surface area contributed by atoms with Gasteiger partial charge in [-0.05, 0) is 43.3 Å². The molecule has 0 unspecified atom stereocenters. The zero-order valence-electron chi connectivity index (χ0n) is 13.3. The monoisotopic (exact) mass is 291 g/mol. The van der Waals surface area contributed by atoms with Crippen molar-refractivity contribution in [1.82, 2.24) is 4.57 Å². The van der Waals surface area contributed by atoms with Crippen LogP contribution in [0, 0.1) is 0 Å². The van der Waals surface area contributed by atoms with E-state index < -0.39 is 0 Å². The fourth-order valence-electron chi connectivity index (χ4n) is 2.61. The van der Waals surface area contributed by atoms with E-state index in [2.05, 4.69) is 77.2 Å². The van der Waals surface area contributed by atoms with Gasteiger partial charge in [0.2, 0.25) is 0 Å². The maximum absolute atomic E-state index is 4.81. The zero-order chi connectivity index (χ0) is 15.5. The van der Waals surface area contributed by atoms with Crippen LogP contribution < -0.4 is 10.3 Å². The molecule has 3 heteroatoms. The summed E-state index contributed by atoms with van der Waals surface area (Å²) in [5, 5.41) is 2.20. The standard InChI is InChI=1S/C19H21N3/c1-4-22-14-13-18(17-7-5-6-8-19(17)22)20-15-9-11-16(12-10-15)21(2)3/h5-14H,4H2,1-3H3. The molecule has 1 aromatic heterocycles. The molecule has 0 aliphatic heterocycles. The Bertz CT molecular complexity index is 842. The number of fused-ring (bicyclic) bond motifs is 1. The minimum Gasteiger partial charge on any atom is -0.378 e. The van der Waals surface area contributed by atoms with Gasteiger partial charge in [0, 0.05) is 37.9 Å². The second-order valence-electron chi connectivity index (χ2n) is 5.53. The second-order valence-corrected chi connectivity index (χ2v) is 5.53. The van der Waals surface area contributed by atoms with Crippen LogP contribution in [0.25, 0.3) is 10.9 Å². The van der Waals surface area contributed by atoms with Crippen LogP contribution in [-0.2, 0) is 6.54 Å². The molecule has 2 aromatic carbocycles. The zero-order valence-corrected chi connectivity index (χ0v) is 13.3. The molecule has 0 bridgehead atoms. The van der Waals surface area contributed by atoms with Gasteiger partial charge in [-0.3, -0.25) is 0 Å². The number of aryl methyl sites for hydroxylation is 1. The minimum atomic E-state index is 0.957. The fourth-order valence-corrected chi connectivity index (χ4v) is 2.61. The third-order valence-corrected chi connectivity index (χ3v) is 3.86. The molecule has 3 aromatic rings. The van der Waals surface area contributed by atoms with Crippen LogP contribution in [0.15, 0.2) is 65.8 Å². The van der Waals surface area contributed by atoms with Gasteiger partial charge in [0.1, 0.15) is 0 Å². The highest BCUT2D eigenvalue weighted by Crippen LogP contribution is 2.18. The molecule has 112 valence electrons. The quantitative estimate of drug-likeness (QED) is 0.715. The summed E-state index contributed by atoms with van der Waals surface area (Å²) in [6.45, 7) is 3.11. The Kier molecular flexibility index (Phi) is 3.96.